The Bertz CT molecular complexity index is 1080. The molecule has 1 N–H and O–H groups in total. The lowest BCUT2D eigenvalue weighted by Gasteiger charge is -2.11. The van der Waals surface area contributed by atoms with E-state index in [1.807, 2.05) is 31.2 Å². The maximum absolute atomic E-state index is 12.6. The zero-order valence-electron chi connectivity index (χ0n) is 16.3. The number of aryl methyl sites for hydroxylation is 1. The number of hydrogen-bond donors (Lipinski definition) is 1. The summed E-state index contributed by atoms with van der Waals surface area (Å²) in [6, 6.07) is 17.1. The maximum atomic E-state index is 12.6. The molecule has 1 amide bonds. The van der Waals surface area contributed by atoms with E-state index >= 15 is 0 Å². The van der Waals surface area contributed by atoms with Gasteiger partial charge in [0.05, 0.1) is 24.3 Å². The Morgan fingerprint density at radius 1 is 0.966 bits per heavy atom. The van der Waals surface area contributed by atoms with Crippen molar-refractivity contribution in [3.05, 3.63) is 99.5 Å². The summed E-state index contributed by atoms with van der Waals surface area (Å²) in [7, 11) is 0. The van der Waals surface area contributed by atoms with Gasteiger partial charge < -0.3 is 14.6 Å². The van der Waals surface area contributed by atoms with Crippen LogP contribution in [0.15, 0.2) is 71.7 Å². The molecular formula is C23H22N2O4. The zero-order chi connectivity index (χ0) is 20.8. The number of amides is 1. The minimum atomic E-state index is -0.409. The van der Waals surface area contributed by atoms with Crippen LogP contribution < -0.4 is 10.9 Å². The highest BCUT2D eigenvalue weighted by atomic mass is 16.5. The minimum absolute atomic E-state index is 0.177. The molecular weight excluding hydrogens is 368 g/mol. The van der Waals surface area contributed by atoms with Crippen LogP contribution in [-0.4, -0.2) is 23.1 Å². The Kier molecular flexibility index (Phi) is 6.24. The largest absolute Gasteiger partial charge is 0.462 e. The Morgan fingerprint density at radius 3 is 2.34 bits per heavy atom. The molecule has 0 saturated heterocycles. The first-order valence-corrected chi connectivity index (χ1v) is 9.31. The molecule has 3 aromatic rings. The standard InChI is InChI=1S/C23H22N2O4/c1-3-29-23(28)17-8-11-20(12-9-17)24-22(27)19-10-13-21(26)25(15-19)14-18-7-5-4-6-16(18)2/h4-13,15H,3,14H2,1-2H3,(H,24,27). The Morgan fingerprint density at radius 2 is 1.66 bits per heavy atom. The third-order valence-corrected chi connectivity index (χ3v) is 4.50. The number of hydrogen-bond acceptors (Lipinski definition) is 4. The first kappa shape index (κ1) is 20.1. The van der Waals surface area contributed by atoms with Gasteiger partial charge in [0.1, 0.15) is 0 Å². The normalized spacial score (nSPS) is 10.4. The van der Waals surface area contributed by atoms with E-state index in [4.69, 9.17) is 4.74 Å². The molecule has 3 rings (SSSR count). The van der Waals surface area contributed by atoms with Crippen molar-refractivity contribution in [2.75, 3.05) is 11.9 Å². The van der Waals surface area contributed by atoms with Gasteiger partial charge in [0, 0.05) is 18.0 Å². The lowest BCUT2D eigenvalue weighted by molar-refractivity contribution is 0.0526. The van der Waals surface area contributed by atoms with Gasteiger partial charge in [-0.25, -0.2) is 4.79 Å². The third-order valence-electron chi connectivity index (χ3n) is 4.50. The third kappa shape index (κ3) is 4.99. The van der Waals surface area contributed by atoms with Crippen LogP contribution >= 0.6 is 0 Å². The van der Waals surface area contributed by atoms with Gasteiger partial charge in [-0.15, -0.1) is 0 Å². The summed E-state index contributed by atoms with van der Waals surface area (Å²) in [5, 5.41) is 2.77. The summed E-state index contributed by atoms with van der Waals surface area (Å²) < 4.78 is 6.46. The highest BCUT2D eigenvalue weighted by Gasteiger charge is 2.11. The molecule has 0 radical (unpaired) electrons. The average molecular weight is 390 g/mol. The molecule has 0 bridgehead atoms. The predicted molar refractivity (Wildman–Crippen MR) is 111 cm³/mol. The van der Waals surface area contributed by atoms with Crippen molar-refractivity contribution in [1.82, 2.24) is 4.57 Å². The first-order valence-electron chi connectivity index (χ1n) is 9.31. The lowest BCUT2D eigenvalue weighted by atomic mass is 10.1. The number of nitrogens with zero attached hydrogens (tertiary/aromatic N) is 1. The number of anilines is 1. The second kappa shape index (κ2) is 9.01. The number of nitrogens with one attached hydrogen (secondary N) is 1. The Balaban J connectivity index is 1.75. The molecule has 6 heteroatoms. The van der Waals surface area contributed by atoms with Gasteiger partial charge >= 0.3 is 5.97 Å². The summed E-state index contributed by atoms with van der Waals surface area (Å²) in [4.78, 5) is 36.5. The van der Waals surface area contributed by atoms with Crippen LogP contribution in [0.5, 0.6) is 0 Å². The van der Waals surface area contributed by atoms with Gasteiger partial charge in [-0.2, -0.15) is 0 Å². The molecule has 0 aliphatic rings. The van der Waals surface area contributed by atoms with E-state index in [1.54, 1.807) is 37.4 Å². The molecule has 148 valence electrons. The molecule has 0 spiro atoms. The highest BCUT2D eigenvalue weighted by Crippen LogP contribution is 2.13. The number of pyridine rings is 1. The van der Waals surface area contributed by atoms with Gasteiger partial charge in [0.2, 0.25) is 0 Å². The van der Waals surface area contributed by atoms with Crippen LogP contribution in [0.1, 0.15) is 38.8 Å². The van der Waals surface area contributed by atoms with Crippen molar-refractivity contribution in [2.45, 2.75) is 20.4 Å². The van der Waals surface area contributed by atoms with Crippen molar-refractivity contribution in [3.63, 3.8) is 0 Å². The molecule has 29 heavy (non-hydrogen) atoms. The van der Waals surface area contributed by atoms with Gasteiger partial charge in [-0.05, 0) is 55.3 Å². The van der Waals surface area contributed by atoms with E-state index < -0.39 is 5.97 Å². The molecule has 1 aromatic heterocycles. The quantitative estimate of drug-likeness (QED) is 0.652. The molecule has 0 fully saturated rings. The van der Waals surface area contributed by atoms with E-state index in [0.717, 1.165) is 11.1 Å². The SMILES string of the molecule is CCOC(=O)c1ccc(NC(=O)c2ccc(=O)n(Cc3ccccc3C)c2)cc1. The molecule has 0 saturated carbocycles. The second-order valence-electron chi connectivity index (χ2n) is 6.56. The van der Waals surface area contributed by atoms with Gasteiger partial charge in [0.25, 0.3) is 11.5 Å². The van der Waals surface area contributed by atoms with Crippen molar-refractivity contribution in [1.29, 1.82) is 0 Å². The molecule has 0 aliphatic heterocycles. The van der Waals surface area contributed by atoms with E-state index in [9.17, 15) is 14.4 Å². The van der Waals surface area contributed by atoms with E-state index in [2.05, 4.69) is 5.32 Å². The number of ether oxygens (including phenoxy) is 1. The monoisotopic (exact) mass is 390 g/mol. The summed E-state index contributed by atoms with van der Waals surface area (Å²) in [6.07, 6.45) is 1.55. The average Bonchev–Trinajstić information content (AvgIpc) is 2.72. The number of aromatic nitrogens is 1. The Labute approximate surface area is 168 Å². The van der Waals surface area contributed by atoms with Crippen LogP contribution in [0.25, 0.3) is 0 Å². The van der Waals surface area contributed by atoms with Crippen molar-refractivity contribution in [2.24, 2.45) is 0 Å². The van der Waals surface area contributed by atoms with Crippen molar-refractivity contribution < 1.29 is 14.3 Å². The molecule has 2 aromatic carbocycles. The van der Waals surface area contributed by atoms with Crippen LogP contribution in [0.3, 0.4) is 0 Å². The van der Waals surface area contributed by atoms with E-state index in [-0.39, 0.29) is 11.5 Å². The van der Waals surface area contributed by atoms with Crippen LogP contribution in [0.4, 0.5) is 5.69 Å². The van der Waals surface area contributed by atoms with Gasteiger partial charge in [-0.3, -0.25) is 9.59 Å². The molecule has 0 unspecified atom stereocenters. The fourth-order valence-corrected chi connectivity index (χ4v) is 2.87. The zero-order valence-corrected chi connectivity index (χ0v) is 16.3. The van der Waals surface area contributed by atoms with E-state index in [1.165, 1.54) is 16.7 Å². The Hall–Kier alpha value is -3.67. The minimum Gasteiger partial charge on any atom is -0.462 e. The predicted octanol–water partition coefficient (Wildman–Crippen LogP) is 3.63. The van der Waals surface area contributed by atoms with Crippen molar-refractivity contribution >= 4 is 17.6 Å². The fourth-order valence-electron chi connectivity index (χ4n) is 2.87. The fraction of sp³-hybridized carbons (Fsp3) is 0.174. The smallest absolute Gasteiger partial charge is 0.338 e. The summed E-state index contributed by atoms with van der Waals surface area (Å²) in [5.74, 6) is -0.749. The first-order chi connectivity index (χ1) is 14.0. The van der Waals surface area contributed by atoms with E-state index in [0.29, 0.717) is 30.0 Å². The summed E-state index contributed by atoms with van der Waals surface area (Å²) >= 11 is 0. The van der Waals surface area contributed by atoms with Crippen molar-refractivity contribution in [3.8, 4) is 0 Å². The number of carbonyl (C=O) groups is 2. The second-order valence-corrected chi connectivity index (χ2v) is 6.56. The maximum Gasteiger partial charge on any atom is 0.338 e. The number of carbonyl (C=O) groups excluding carboxylic acids is 2. The van der Waals surface area contributed by atoms with Crippen LogP contribution in [0.2, 0.25) is 0 Å². The molecule has 0 aliphatic carbocycles. The molecule has 0 atom stereocenters. The molecule has 6 nitrogen and oxygen atoms in total. The highest BCUT2D eigenvalue weighted by molar-refractivity contribution is 6.04. The van der Waals surface area contributed by atoms with Crippen LogP contribution in [-0.2, 0) is 11.3 Å². The summed E-state index contributed by atoms with van der Waals surface area (Å²) in [6.45, 7) is 4.42. The van der Waals surface area contributed by atoms with Crippen LogP contribution in [0, 0.1) is 6.92 Å². The van der Waals surface area contributed by atoms with Gasteiger partial charge in [0.15, 0.2) is 0 Å². The van der Waals surface area contributed by atoms with Gasteiger partial charge in [-0.1, -0.05) is 24.3 Å². The number of benzene rings is 2. The summed E-state index contributed by atoms with van der Waals surface area (Å²) in [5.41, 5.74) is 3.24. The molecule has 1 heterocycles. The topological polar surface area (TPSA) is 77.4 Å². The number of rotatable bonds is 6. The number of esters is 1. The lowest BCUT2D eigenvalue weighted by Crippen LogP contribution is -2.22.